The van der Waals surface area contributed by atoms with E-state index in [9.17, 15) is 8.42 Å². The first-order valence-electron chi connectivity index (χ1n) is 8.84. The first-order valence-corrected chi connectivity index (χ1v) is 12.2. The van der Waals surface area contributed by atoms with E-state index in [1.54, 1.807) is 29.7 Å². The molecule has 0 unspecified atom stereocenters. The zero-order valence-electron chi connectivity index (χ0n) is 15.9. The molecule has 0 aliphatic rings. The Morgan fingerprint density at radius 2 is 1.93 bits per heavy atom. The third kappa shape index (κ3) is 5.73. The quantitative estimate of drug-likeness (QED) is 0.486. The lowest BCUT2D eigenvalue weighted by molar-refractivity contribution is 0.579. The Morgan fingerprint density at radius 3 is 2.62 bits per heavy atom. The van der Waals surface area contributed by atoms with Gasteiger partial charge in [-0.25, -0.2) is 13.1 Å². The molecule has 10 heteroatoms. The number of hydrogen-bond donors (Lipinski definition) is 1. The Bertz CT molecular complexity index is 1120. The highest BCUT2D eigenvalue weighted by Gasteiger charge is 2.18. The number of rotatable bonds is 8. The second-order valence-electron chi connectivity index (χ2n) is 6.33. The van der Waals surface area contributed by atoms with Gasteiger partial charge in [-0.2, -0.15) is 0 Å². The monoisotopic (exact) mass is 470 g/mol. The SMILES string of the molecule is CCS(=O)(=O)NCc1nnc(SCc2cccc(C)c2)n1-c1ccc(Cl)cc1Cl. The van der Waals surface area contributed by atoms with Crippen molar-refractivity contribution >= 4 is 45.0 Å². The van der Waals surface area contributed by atoms with Gasteiger partial charge in [-0.05, 0) is 37.6 Å². The van der Waals surface area contributed by atoms with Crippen LogP contribution in [-0.2, 0) is 22.3 Å². The maximum atomic E-state index is 11.9. The fourth-order valence-electron chi connectivity index (χ4n) is 2.64. The van der Waals surface area contributed by atoms with Gasteiger partial charge in [0.25, 0.3) is 0 Å². The Hall–Kier alpha value is -1.58. The number of sulfonamides is 1. The molecule has 0 saturated heterocycles. The lowest BCUT2D eigenvalue weighted by atomic mass is 10.2. The maximum absolute atomic E-state index is 11.9. The predicted molar refractivity (Wildman–Crippen MR) is 118 cm³/mol. The zero-order valence-corrected chi connectivity index (χ0v) is 19.0. The van der Waals surface area contributed by atoms with Crippen LogP contribution in [0.5, 0.6) is 0 Å². The van der Waals surface area contributed by atoms with Crippen molar-refractivity contribution in [3.05, 3.63) is 69.5 Å². The molecule has 0 spiro atoms. The van der Waals surface area contributed by atoms with Crippen molar-refractivity contribution in [1.82, 2.24) is 19.5 Å². The second kappa shape index (κ2) is 9.49. The van der Waals surface area contributed by atoms with Gasteiger partial charge in [-0.3, -0.25) is 4.57 Å². The summed E-state index contributed by atoms with van der Waals surface area (Å²) < 4.78 is 28.0. The first kappa shape index (κ1) is 22.1. The molecule has 3 rings (SSSR count). The van der Waals surface area contributed by atoms with Crippen molar-refractivity contribution in [3.63, 3.8) is 0 Å². The summed E-state index contributed by atoms with van der Waals surface area (Å²) >= 11 is 13.9. The number of aromatic nitrogens is 3. The van der Waals surface area contributed by atoms with Gasteiger partial charge in [-0.15, -0.1) is 10.2 Å². The molecule has 0 saturated carbocycles. The average molecular weight is 471 g/mol. The Balaban J connectivity index is 1.95. The second-order valence-corrected chi connectivity index (χ2v) is 10.2. The Labute approximate surface area is 184 Å². The highest BCUT2D eigenvalue weighted by molar-refractivity contribution is 7.98. The van der Waals surface area contributed by atoms with E-state index in [1.165, 1.54) is 17.3 Å². The van der Waals surface area contributed by atoms with Crippen LogP contribution in [0.4, 0.5) is 0 Å². The third-order valence-corrected chi connectivity index (χ3v) is 7.01. The van der Waals surface area contributed by atoms with E-state index in [4.69, 9.17) is 23.2 Å². The topological polar surface area (TPSA) is 76.9 Å². The summed E-state index contributed by atoms with van der Waals surface area (Å²) in [6.07, 6.45) is 0. The molecular weight excluding hydrogens is 451 g/mol. The highest BCUT2D eigenvalue weighted by atomic mass is 35.5. The lowest BCUT2D eigenvalue weighted by Crippen LogP contribution is -2.26. The van der Waals surface area contributed by atoms with Crippen LogP contribution < -0.4 is 4.72 Å². The molecule has 1 heterocycles. The van der Waals surface area contributed by atoms with Gasteiger partial charge >= 0.3 is 0 Å². The van der Waals surface area contributed by atoms with Crippen LogP contribution in [0.15, 0.2) is 47.6 Å². The molecule has 0 aliphatic heterocycles. The summed E-state index contributed by atoms with van der Waals surface area (Å²) in [7, 11) is -3.38. The van der Waals surface area contributed by atoms with Gasteiger partial charge in [0.1, 0.15) is 0 Å². The minimum absolute atomic E-state index is 0.00708. The Morgan fingerprint density at radius 1 is 1.14 bits per heavy atom. The number of hydrogen-bond acceptors (Lipinski definition) is 5. The van der Waals surface area contributed by atoms with Crippen LogP contribution in [0, 0.1) is 6.92 Å². The molecule has 0 aliphatic carbocycles. The fourth-order valence-corrected chi connectivity index (χ4v) is 4.59. The first-order chi connectivity index (χ1) is 13.8. The van der Waals surface area contributed by atoms with Gasteiger partial charge < -0.3 is 0 Å². The van der Waals surface area contributed by atoms with E-state index < -0.39 is 10.0 Å². The number of halogens is 2. The van der Waals surface area contributed by atoms with Crippen LogP contribution in [-0.4, -0.2) is 28.9 Å². The molecule has 0 bridgehead atoms. The molecule has 3 aromatic rings. The van der Waals surface area contributed by atoms with Crippen molar-refractivity contribution in [2.45, 2.75) is 31.3 Å². The van der Waals surface area contributed by atoms with E-state index in [-0.39, 0.29) is 12.3 Å². The zero-order chi connectivity index (χ0) is 21.0. The van der Waals surface area contributed by atoms with Crippen molar-refractivity contribution in [2.24, 2.45) is 0 Å². The smallest absolute Gasteiger partial charge is 0.211 e. The van der Waals surface area contributed by atoms with Crippen LogP contribution in [0.3, 0.4) is 0 Å². The van der Waals surface area contributed by atoms with E-state index in [2.05, 4.69) is 21.0 Å². The number of nitrogens with one attached hydrogen (secondary N) is 1. The normalized spacial score (nSPS) is 11.7. The molecule has 0 amide bonds. The summed E-state index contributed by atoms with van der Waals surface area (Å²) in [6, 6.07) is 13.3. The summed E-state index contributed by atoms with van der Waals surface area (Å²) in [4.78, 5) is 0. The van der Waals surface area contributed by atoms with E-state index in [1.807, 2.05) is 25.1 Å². The molecule has 0 radical (unpaired) electrons. The molecule has 0 fully saturated rings. The molecule has 1 aromatic heterocycles. The largest absolute Gasteiger partial charge is 0.271 e. The highest BCUT2D eigenvalue weighted by Crippen LogP contribution is 2.30. The standard InChI is InChI=1S/C19H20Cl2N4O2S2/c1-3-29(26,27)22-11-18-23-24-19(28-12-14-6-4-5-13(2)9-14)25(18)17-8-7-15(20)10-16(17)21/h4-10,22H,3,11-12H2,1-2H3. The van der Waals surface area contributed by atoms with Crippen LogP contribution in [0.25, 0.3) is 5.69 Å². The van der Waals surface area contributed by atoms with Crippen LogP contribution >= 0.6 is 35.0 Å². The van der Waals surface area contributed by atoms with Crippen molar-refractivity contribution in [3.8, 4) is 5.69 Å². The van der Waals surface area contributed by atoms with Crippen molar-refractivity contribution < 1.29 is 8.42 Å². The van der Waals surface area contributed by atoms with Crippen molar-refractivity contribution in [1.29, 1.82) is 0 Å². The van der Waals surface area contributed by atoms with Gasteiger partial charge in [0.2, 0.25) is 10.0 Å². The molecule has 1 N–H and O–H groups in total. The summed E-state index contributed by atoms with van der Waals surface area (Å²) in [5.41, 5.74) is 2.97. The average Bonchev–Trinajstić information content (AvgIpc) is 3.08. The van der Waals surface area contributed by atoms with Gasteiger partial charge in [0.15, 0.2) is 11.0 Å². The van der Waals surface area contributed by atoms with E-state index in [0.717, 1.165) is 5.56 Å². The van der Waals surface area contributed by atoms with E-state index in [0.29, 0.717) is 32.5 Å². The van der Waals surface area contributed by atoms with Gasteiger partial charge in [-0.1, -0.05) is 64.8 Å². The summed E-state index contributed by atoms with van der Waals surface area (Å²) in [5.74, 6) is 1.11. The Kier molecular flexibility index (Phi) is 7.23. The number of nitrogens with zero attached hydrogens (tertiary/aromatic N) is 3. The summed E-state index contributed by atoms with van der Waals surface area (Å²) in [5, 5.41) is 10.0. The third-order valence-electron chi connectivity index (χ3n) is 4.13. The molecular formula is C19H20Cl2N4O2S2. The van der Waals surface area contributed by atoms with Gasteiger partial charge in [0.05, 0.1) is 23.0 Å². The molecule has 2 aromatic carbocycles. The van der Waals surface area contributed by atoms with Crippen LogP contribution in [0.2, 0.25) is 10.0 Å². The minimum Gasteiger partial charge on any atom is -0.271 e. The van der Waals surface area contributed by atoms with Gasteiger partial charge in [0, 0.05) is 10.8 Å². The predicted octanol–water partition coefficient (Wildman–Crippen LogP) is 4.61. The summed E-state index contributed by atoms with van der Waals surface area (Å²) in [6.45, 7) is 3.63. The lowest BCUT2D eigenvalue weighted by Gasteiger charge is -2.13. The van der Waals surface area contributed by atoms with Crippen molar-refractivity contribution in [2.75, 3.05) is 5.75 Å². The molecule has 0 atom stereocenters. The molecule has 29 heavy (non-hydrogen) atoms. The maximum Gasteiger partial charge on any atom is 0.211 e. The van der Waals surface area contributed by atoms with Crippen LogP contribution in [0.1, 0.15) is 23.9 Å². The minimum atomic E-state index is -3.38. The number of thioether (sulfide) groups is 1. The number of benzene rings is 2. The fraction of sp³-hybridized carbons (Fsp3) is 0.263. The molecule has 154 valence electrons. The molecule has 6 nitrogen and oxygen atoms in total. The van der Waals surface area contributed by atoms with E-state index >= 15 is 0 Å². The number of aryl methyl sites for hydroxylation is 1.